The number of aromatic nitrogens is 3. The molecule has 198 valence electrons. The van der Waals surface area contributed by atoms with E-state index < -0.39 is 0 Å². The molecule has 1 saturated heterocycles. The van der Waals surface area contributed by atoms with Crippen molar-refractivity contribution in [2.24, 2.45) is 0 Å². The third kappa shape index (κ3) is 5.48. The Bertz CT molecular complexity index is 1410. The molecular formula is C28H31N5O5. The Kier molecular flexibility index (Phi) is 8.28. The molecule has 3 heterocycles. The lowest BCUT2D eigenvalue weighted by atomic mass is 10.0. The minimum absolute atomic E-state index is 0.0882. The van der Waals surface area contributed by atoms with Gasteiger partial charge in [0.05, 0.1) is 36.7 Å². The van der Waals surface area contributed by atoms with E-state index in [0.717, 1.165) is 0 Å². The number of nitrogens with two attached hydrogens (primary N) is 1. The zero-order valence-electron chi connectivity index (χ0n) is 21.8. The van der Waals surface area contributed by atoms with Crippen LogP contribution in [0, 0.1) is 11.8 Å². The lowest BCUT2D eigenvalue weighted by Gasteiger charge is -2.16. The van der Waals surface area contributed by atoms with Crippen molar-refractivity contribution in [3.63, 3.8) is 0 Å². The van der Waals surface area contributed by atoms with Crippen molar-refractivity contribution in [2.75, 3.05) is 46.8 Å². The number of ether oxygens (including phenoxy) is 3. The molecule has 1 unspecified atom stereocenters. The van der Waals surface area contributed by atoms with Crippen LogP contribution in [0.3, 0.4) is 0 Å². The molecule has 2 aromatic heterocycles. The van der Waals surface area contributed by atoms with Crippen molar-refractivity contribution in [3.05, 3.63) is 53.9 Å². The second-order valence-electron chi connectivity index (χ2n) is 8.88. The maximum atomic E-state index is 13.2. The maximum Gasteiger partial charge on any atom is 0.246 e. The number of amides is 1. The molecule has 1 atom stereocenters. The van der Waals surface area contributed by atoms with Gasteiger partial charge in [-0.25, -0.2) is 4.98 Å². The van der Waals surface area contributed by atoms with Gasteiger partial charge in [-0.2, -0.15) is 5.10 Å². The number of nitrogen functional groups attached to an aromatic ring is 1. The van der Waals surface area contributed by atoms with Gasteiger partial charge in [0.2, 0.25) is 5.91 Å². The third-order valence-electron chi connectivity index (χ3n) is 6.48. The largest absolute Gasteiger partial charge is 0.497 e. The predicted octanol–water partition coefficient (Wildman–Crippen LogP) is 3.00. The van der Waals surface area contributed by atoms with Gasteiger partial charge in [-0.15, -0.1) is 0 Å². The average Bonchev–Trinajstić information content (AvgIpc) is 3.57. The van der Waals surface area contributed by atoms with Gasteiger partial charge in [0, 0.05) is 51.1 Å². The Labute approximate surface area is 221 Å². The fourth-order valence-electron chi connectivity index (χ4n) is 4.54. The quantitative estimate of drug-likeness (QED) is 0.199. The van der Waals surface area contributed by atoms with Crippen LogP contribution < -0.4 is 15.2 Å². The summed E-state index contributed by atoms with van der Waals surface area (Å²) < 4.78 is 17.6. The molecule has 0 bridgehead atoms. The lowest BCUT2D eigenvalue weighted by molar-refractivity contribution is -0.125. The van der Waals surface area contributed by atoms with Crippen LogP contribution in [-0.4, -0.2) is 72.4 Å². The molecule has 10 nitrogen and oxygen atoms in total. The molecule has 1 aliphatic heterocycles. The van der Waals surface area contributed by atoms with Crippen molar-refractivity contribution >= 4 is 28.4 Å². The summed E-state index contributed by atoms with van der Waals surface area (Å²) in [5.74, 6) is 7.43. The van der Waals surface area contributed by atoms with Gasteiger partial charge in [-0.3, -0.25) is 14.3 Å². The highest BCUT2D eigenvalue weighted by molar-refractivity contribution is 6.10. The van der Waals surface area contributed by atoms with E-state index in [9.17, 15) is 9.59 Å². The number of hydrogen-bond acceptors (Lipinski definition) is 8. The smallest absolute Gasteiger partial charge is 0.246 e. The molecule has 2 N–H and O–H groups in total. The van der Waals surface area contributed by atoms with Crippen molar-refractivity contribution in [3.8, 4) is 23.3 Å². The van der Waals surface area contributed by atoms with Crippen LogP contribution in [0.1, 0.15) is 46.9 Å². The van der Waals surface area contributed by atoms with E-state index in [2.05, 4.69) is 23.4 Å². The second kappa shape index (κ2) is 11.8. The fourth-order valence-corrected chi connectivity index (χ4v) is 4.54. The molecule has 1 amide bonds. The van der Waals surface area contributed by atoms with Crippen LogP contribution in [0.4, 0.5) is 5.82 Å². The highest BCUT2D eigenvalue weighted by Crippen LogP contribution is 2.33. The number of fused-ring (bicyclic) bond motifs is 1. The van der Waals surface area contributed by atoms with Crippen molar-refractivity contribution in [1.29, 1.82) is 0 Å². The van der Waals surface area contributed by atoms with Gasteiger partial charge >= 0.3 is 0 Å². The maximum absolute atomic E-state index is 13.2. The molecule has 0 aliphatic carbocycles. The van der Waals surface area contributed by atoms with Crippen molar-refractivity contribution < 1.29 is 23.8 Å². The van der Waals surface area contributed by atoms with Gasteiger partial charge < -0.3 is 24.8 Å². The van der Waals surface area contributed by atoms with Crippen LogP contribution in [0.25, 0.3) is 10.9 Å². The Morgan fingerprint density at radius 1 is 1.18 bits per heavy atom. The van der Waals surface area contributed by atoms with E-state index in [1.165, 1.54) is 12.3 Å². The number of ketones is 1. The molecule has 0 saturated carbocycles. The number of Topliss-reactive ketones (excluding diaryl/α,β-unsaturated/α-hetero) is 1. The third-order valence-corrected chi connectivity index (χ3v) is 6.48. The lowest BCUT2D eigenvalue weighted by Crippen LogP contribution is -2.27. The molecule has 0 radical (unpaired) electrons. The molecule has 1 aliphatic rings. The first kappa shape index (κ1) is 26.7. The summed E-state index contributed by atoms with van der Waals surface area (Å²) in [7, 11) is 4.74. The summed E-state index contributed by atoms with van der Waals surface area (Å²) in [6, 6.07) is 5.17. The second-order valence-corrected chi connectivity index (χ2v) is 8.88. The molecule has 10 heteroatoms. The number of hydrogen-bond donors (Lipinski definition) is 1. The first-order chi connectivity index (χ1) is 18.4. The fraction of sp³-hybridized carbons (Fsp3) is 0.357. The Morgan fingerprint density at radius 3 is 2.58 bits per heavy atom. The van der Waals surface area contributed by atoms with Crippen LogP contribution in [0.2, 0.25) is 0 Å². The first-order valence-electron chi connectivity index (χ1n) is 12.2. The van der Waals surface area contributed by atoms with Gasteiger partial charge in [-0.1, -0.05) is 12.5 Å². The summed E-state index contributed by atoms with van der Waals surface area (Å²) in [6.45, 7) is 5.05. The van der Waals surface area contributed by atoms with Crippen LogP contribution in [0.15, 0.2) is 37.1 Å². The summed E-state index contributed by atoms with van der Waals surface area (Å²) in [4.78, 5) is 31.5. The normalized spacial score (nSPS) is 14.7. The Balaban J connectivity index is 1.84. The number of pyridine rings is 1. The molecule has 1 aromatic carbocycles. The minimum atomic E-state index is -0.166. The van der Waals surface area contributed by atoms with E-state index in [1.807, 2.05) is 0 Å². The van der Waals surface area contributed by atoms with Crippen LogP contribution >= 0.6 is 0 Å². The zero-order valence-corrected chi connectivity index (χ0v) is 21.8. The predicted molar refractivity (Wildman–Crippen MR) is 143 cm³/mol. The number of benzene rings is 1. The number of methoxy groups -OCH3 is 3. The first-order valence-corrected chi connectivity index (χ1v) is 12.2. The molecule has 1 fully saturated rings. The van der Waals surface area contributed by atoms with E-state index in [1.54, 1.807) is 49.1 Å². The summed E-state index contributed by atoms with van der Waals surface area (Å²) in [6.07, 6.45) is 4.32. The molecule has 3 aromatic rings. The van der Waals surface area contributed by atoms with E-state index in [-0.39, 0.29) is 30.0 Å². The highest BCUT2D eigenvalue weighted by atomic mass is 16.5. The topological polar surface area (TPSA) is 122 Å². The zero-order chi connectivity index (χ0) is 27.2. The number of carbonyl (C=O) groups excluding carboxylic acids is 2. The van der Waals surface area contributed by atoms with E-state index in [0.29, 0.717) is 71.8 Å². The SMILES string of the molecule is C=CC(=O)N1CCC(n2nc(C#Cc3cc(OC)cc(OC)c3)c3c(N)ncc(C(=O)CCCOC)c32)C1. The minimum Gasteiger partial charge on any atom is -0.497 e. The summed E-state index contributed by atoms with van der Waals surface area (Å²) >= 11 is 0. The number of nitrogens with zero attached hydrogens (tertiary/aromatic N) is 4. The van der Waals surface area contributed by atoms with E-state index >= 15 is 0 Å². The molecule has 38 heavy (non-hydrogen) atoms. The average molecular weight is 518 g/mol. The number of rotatable bonds is 9. The standard InChI is InChI=1S/C28H31N5O5/c1-5-25(35)32-11-10-19(17-32)33-27-22(24(34)7-6-12-36-2)16-30-28(29)26(27)23(31-33)9-8-18-13-20(37-3)15-21(14-18)38-4/h5,13-16,19H,1,6-7,10-12,17H2,2-4H3,(H2,29,30). The summed E-state index contributed by atoms with van der Waals surface area (Å²) in [5, 5.41) is 5.32. The Morgan fingerprint density at radius 2 is 1.92 bits per heavy atom. The van der Waals surface area contributed by atoms with Crippen LogP contribution in [-0.2, 0) is 9.53 Å². The Hall–Kier alpha value is -4.36. The van der Waals surface area contributed by atoms with E-state index in [4.69, 9.17) is 25.0 Å². The van der Waals surface area contributed by atoms with Gasteiger partial charge in [-0.05, 0) is 37.0 Å². The number of anilines is 1. The molecule has 4 rings (SSSR count). The monoisotopic (exact) mass is 517 g/mol. The molecular weight excluding hydrogens is 486 g/mol. The molecule has 0 spiro atoms. The van der Waals surface area contributed by atoms with Gasteiger partial charge in [0.15, 0.2) is 5.78 Å². The van der Waals surface area contributed by atoms with Crippen LogP contribution in [0.5, 0.6) is 11.5 Å². The van der Waals surface area contributed by atoms with Crippen molar-refractivity contribution in [1.82, 2.24) is 19.7 Å². The van der Waals surface area contributed by atoms with Gasteiger partial charge in [0.1, 0.15) is 23.0 Å². The summed E-state index contributed by atoms with van der Waals surface area (Å²) in [5.41, 5.74) is 8.38. The number of likely N-dealkylation sites (tertiary alicyclic amines) is 1. The highest BCUT2D eigenvalue weighted by Gasteiger charge is 2.31. The van der Waals surface area contributed by atoms with Gasteiger partial charge in [0.25, 0.3) is 0 Å². The number of carbonyl (C=O) groups is 2. The van der Waals surface area contributed by atoms with Crippen molar-refractivity contribution in [2.45, 2.75) is 25.3 Å².